The minimum absolute atomic E-state index is 0.691. The van der Waals surface area contributed by atoms with E-state index in [-0.39, 0.29) is 0 Å². The molecule has 0 aromatic rings. The van der Waals surface area contributed by atoms with E-state index in [1.54, 1.807) is 0 Å². The Morgan fingerprint density at radius 1 is 1.29 bits per heavy atom. The lowest BCUT2D eigenvalue weighted by Gasteiger charge is -2.28. The van der Waals surface area contributed by atoms with Crippen LogP contribution in [0.4, 0.5) is 0 Å². The summed E-state index contributed by atoms with van der Waals surface area (Å²) in [6.45, 7) is 6.08. The summed E-state index contributed by atoms with van der Waals surface area (Å²) in [4.78, 5) is 5.04. The summed E-state index contributed by atoms with van der Waals surface area (Å²) in [6.07, 6.45) is 2.68. The summed E-state index contributed by atoms with van der Waals surface area (Å²) in [5, 5.41) is 3.54. The zero-order chi connectivity index (χ0) is 10.1. The predicted molar refractivity (Wildman–Crippen MR) is 59.5 cm³/mol. The highest BCUT2D eigenvalue weighted by atomic mass is 15.3. The Labute approximate surface area is 87.4 Å². The highest BCUT2D eigenvalue weighted by Crippen LogP contribution is 2.21. The summed E-state index contributed by atoms with van der Waals surface area (Å²) < 4.78 is 0. The SMILES string of the molecule is CC1NCCC1N1CCC(N(C)C)C1. The van der Waals surface area contributed by atoms with Gasteiger partial charge in [0.25, 0.3) is 0 Å². The highest BCUT2D eigenvalue weighted by molar-refractivity contribution is 4.93. The normalized spacial score (nSPS) is 39.9. The van der Waals surface area contributed by atoms with Crippen LogP contribution in [0.5, 0.6) is 0 Å². The van der Waals surface area contributed by atoms with Crippen LogP contribution < -0.4 is 5.32 Å². The van der Waals surface area contributed by atoms with E-state index in [0.29, 0.717) is 6.04 Å². The predicted octanol–water partition coefficient (Wildman–Crippen LogP) is 0.373. The fourth-order valence-corrected chi connectivity index (χ4v) is 2.83. The maximum atomic E-state index is 3.54. The van der Waals surface area contributed by atoms with E-state index in [1.807, 2.05) is 0 Å². The van der Waals surface area contributed by atoms with Crippen molar-refractivity contribution >= 4 is 0 Å². The van der Waals surface area contributed by atoms with Gasteiger partial charge in [-0.15, -0.1) is 0 Å². The number of nitrogens with one attached hydrogen (secondary N) is 1. The third-order valence-corrected chi connectivity index (χ3v) is 3.88. The van der Waals surface area contributed by atoms with Crippen LogP contribution >= 0.6 is 0 Å². The van der Waals surface area contributed by atoms with Gasteiger partial charge in [-0.25, -0.2) is 0 Å². The molecule has 14 heavy (non-hydrogen) atoms. The van der Waals surface area contributed by atoms with Gasteiger partial charge in [0.2, 0.25) is 0 Å². The Kier molecular flexibility index (Phi) is 3.10. The first kappa shape index (κ1) is 10.4. The molecule has 2 rings (SSSR count). The topological polar surface area (TPSA) is 18.5 Å². The van der Waals surface area contributed by atoms with Crippen molar-refractivity contribution in [3.63, 3.8) is 0 Å². The Bertz CT molecular complexity index is 193. The first-order valence-corrected chi connectivity index (χ1v) is 5.82. The third-order valence-electron chi connectivity index (χ3n) is 3.88. The Morgan fingerprint density at radius 2 is 2.07 bits per heavy atom. The minimum Gasteiger partial charge on any atom is -0.313 e. The van der Waals surface area contributed by atoms with Crippen molar-refractivity contribution in [2.45, 2.75) is 37.9 Å². The molecule has 0 spiro atoms. The van der Waals surface area contributed by atoms with Gasteiger partial charge in [-0.2, -0.15) is 0 Å². The zero-order valence-corrected chi connectivity index (χ0v) is 9.66. The summed E-state index contributed by atoms with van der Waals surface area (Å²) >= 11 is 0. The van der Waals surface area contributed by atoms with Gasteiger partial charge < -0.3 is 10.2 Å². The lowest BCUT2D eigenvalue weighted by Crippen LogP contribution is -2.42. The first-order chi connectivity index (χ1) is 6.68. The summed E-state index contributed by atoms with van der Waals surface area (Å²) in [6, 6.07) is 2.26. The zero-order valence-electron chi connectivity index (χ0n) is 9.66. The number of likely N-dealkylation sites (N-methyl/N-ethyl adjacent to an activating group) is 1. The van der Waals surface area contributed by atoms with E-state index < -0.39 is 0 Å². The van der Waals surface area contributed by atoms with Crippen LogP contribution in [0.15, 0.2) is 0 Å². The van der Waals surface area contributed by atoms with E-state index >= 15 is 0 Å². The van der Waals surface area contributed by atoms with Crippen molar-refractivity contribution in [1.82, 2.24) is 15.1 Å². The maximum Gasteiger partial charge on any atom is 0.0259 e. The van der Waals surface area contributed by atoms with Crippen LogP contribution in [0, 0.1) is 0 Å². The van der Waals surface area contributed by atoms with Crippen LogP contribution in [0.3, 0.4) is 0 Å². The van der Waals surface area contributed by atoms with Crippen molar-refractivity contribution < 1.29 is 0 Å². The molecule has 3 unspecified atom stereocenters. The summed E-state index contributed by atoms with van der Waals surface area (Å²) in [5.41, 5.74) is 0. The number of nitrogens with zero attached hydrogens (tertiary/aromatic N) is 2. The molecule has 3 atom stereocenters. The van der Waals surface area contributed by atoms with Crippen molar-refractivity contribution in [1.29, 1.82) is 0 Å². The van der Waals surface area contributed by atoms with Gasteiger partial charge in [0.05, 0.1) is 0 Å². The standard InChI is InChI=1S/C11H23N3/c1-9-11(4-6-12-9)14-7-5-10(8-14)13(2)3/h9-12H,4-8H2,1-3H3. The molecule has 0 radical (unpaired) electrons. The lowest BCUT2D eigenvalue weighted by molar-refractivity contribution is 0.205. The fraction of sp³-hybridized carbons (Fsp3) is 1.00. The van der Waals surface area contributed by atoms with E-state index in [0.717, 1.165) is 12.1 Å². The van der Waals surface area contributed by atoms with Gasteiger partial charge in [0.15, 0.2) is 0 Å². The molecule has 82 valence electrons. The van der Waals surface area contributed by atoms with Gasteiger partial charge in [-0.1, -0.05) is 0 Å². The van der Waals surface area contributed by atoms with Crippen molar-refractivity contribution in [2.24, 2.45) is 0 Å². The molecule has 0 bridgehead atoms. The second-order valence-electron chi connectivity index (χ2n) is 5.00. The number of rotatable bonds is 2. The minimum atomic E-state index is 0.691. The summed E-state index contributed by atoms with van der Waals surface area (Å²) in [7, 11) is 4.40. The van der Waals surface area contributed by atoms with E-state index in [4.69, 9.17) is 0 Å². The van der Waals surface area contributed by atoms with Crippen LogP contribution in [0.25, 0.3) is 0 Å². The van der Waals surface area contributed by atoms with E-state index in [1.165, 1.54) is 32.5 Å². The molecular formula is C11H23N3. The average molecular weight is 197 g/mol. The van der Waals surface area contributed by atoms with Gasteiger partial charge in [0, 0.05) is 31.2 Å². The second-order valence-corrected chi connectivity index (χ2v) is 5.00. The monoisotopic (exact) mass is 197 g/mol. The Balaban J connectivity index is 1.88. The van der Waals surface area contributed by atoms with Crippen LogP contribution in [0.2, 0.25) is 0 Å². The average Bonchev–Trinajstić information content (AvgIpc) is 2.71. The smallest absolute Gasteiger partial charge is 0.0259 e. The van der Waals surface area contributed by atoms with Gasteiger partial charge in [-0.3, -0.25) is 4.90 Å². The molecule has 0 aromatic heterocycles. The molecule has 3 heteroatoms. The van der Waals surface area contributed by atoms with Crippen LogP contribution in [-0.2, 0) is 0 Å². The van der Waals surface area contributed by atoms with Gasteiger partial charge >= 0.3 is 0 Å². The van der Waals surface area contributed by atoms with Gasteiger partial charge in [0.1, 0.15) is 0 Å². The third kappa shape index (κ3) is 1.95. The molecule has 2 aliphatic heterocycles. The number of hydrogen-bond donors (Lipinski definition) is 1. The molecule has 2 aliphatic rings. The molecule has 0 amide bonds. The molecule has 2 fully saturated rings. The molecule has 2 saturated heterocycles. The van der Waals surface area contributed by atoms with Gasteiger partial charge in [-0.05, 0) is 40.4 Å². The van der Waals surface area contributed by atoms with E-state index in [2.05, 4.69) is 36.1 Å². The molecule has 3 nitrogen and oxygen atoms in total. The van der Waals surface area contributed by atoms with Crippen molar-refractivity contribution in [3.05, 3.63) is 0 Å². The Morgan fingerprint density at radius 3 is 2.57 bits per heavy atom. The van der Waals surface area contributed by atoms with Crippen molar-refractivity contribution in [3.8, 4) is 0 Å². The van der Waals surface area contributed by atoms with E-state index in [9.17, 15) is 0 Å². The quantitative estimate of drug-likeness (QED) is 0.690. The molecular weight excluding hydrogens is 174 g/mol. The molecule has 2 heterocycles. The number of likely N-dealkylation sites (tertiary alicyclic amines) is 1. The molecule has 0 saturated carbocycles. The summed E-state index contributed by atoms with van der Waals surface area (Å²) in [5.74, 6) is 0. The largest absolute Gasteiger partial charge is 0.313 e. The van der Waals surface area contributed by atoms with Crippen LogP contribution in [-0.4, -0.2) is 61.7 Å². The second kappa shape index (κ2) is 4.17. The van der Waals surface area contributed by atoms with Crippen LogP contribution in [0.1, 0.15) is 19.8 Å². The Hall–Kier alpha value is -0.120. The first-order valence-electron chi connectivity index (χ1n) is 5.82. The molecule has 0 aliphatic carbocycles. The number of hydrogen-bond acceptors (Lipinski definition) is 3. The fourth-order valence-electron chi connectivity index (χ4n) is 2.83. The highest BCUT2D eigenvalue weighted by Gasteiger charge is 2.34. The lowest BCUT2D eigenvalue weighted by atomic mass is 10.1. The molecule has 1 N–H and O–H groups in total. The maximum absolute atomic E-state index is 3.54. The van der Waals surface area contributed by atoms with Crippen molar-refractivity contribution in [2.75, 3.05) is 33.7 Å². The molecule has 0 aromatic carbocycles.